The maximum absolute atomic E-state index is 12.5. The van der Waals surface area contributed by atoms with Gasteiger partial charge in [0.25, 0.3) is 5.91 Å². The van der Waals surface area contributed by atoms with Crippen molar-refractivity contribution in [1.29, 1.82) is 0 Å². The molecule has 2 aromatic heterocycles. The Morgan fingerprint density at radius 1 is 1.04 bits per heavy atom. The SMILES string of the molecule is Cc1nnnn1-c1cccc(NC(=O)c2ccc(-n3cccn3)cc2)c1. The van der Waals surface area contributed by atoms with E-state index >= 15 is 0 Å². The summed E-state index contributed by atoms with van der Waals surface area (Å²) in [5.74, 6) is 0.477. The van der Waals surface area contributed by atoms with Crippen LogP contribution < -0.4 is 5.32 Å². The Morgan fingerprint density at radius 3 is 2.58 bits per heavy atom. The normalized spacial score (nSPS) is 10.7. The van der Waals surface area contributed by atoms with E-state index in [1.165, 1.54) is 0 Å². The summed E-state index contributed by atoms with van der Waals surface area (Å²) in [6.07, 6.45) is 3.56. The molecule has 26 heavy (non-hydrogen) atoms. The van der Waals surface area contributed by atoms with Crippen LogP contribution in [0.4, 0.5) is 5.69 Å². The number of anilines is 1. The van der Waals surface area contributed by atoms with Crippen molar-refractivity contribution >= 4 is 11.6 Å². The van der Waals surface area contributed by atoms with Gasteiger partial charge >= 0.3 is 0 Å². The highest BCUT2D eigenvalue weighted by Crippen LogP contribution is 2.16. The molecule has 0 unspecified atom stereocenters. The van der Waals surface area contributed by atoms with E-state index in [-0.39, 0.29) is 5.91 Å². The van der Waals surface area contributed by atoms with E-state index in [1.54, 1.807) is 27.7 Å². The number of rotatable bonds is 4. The van der Waals surface area contributed by atoms with Gasteiger partial charge in [0.2, 0.25) is 0 Å². The Labute approximate surface area is 149 Å². The Balaban J connectivity index is 1.52. The summed E-state index contributed by atoms with van der Waals surface area (Å²) in [5.41, 5.74) is 2.89. The molecule has 1 amide bonds. The first-order valence-corrected chi connectivity index (χ1v) is 7.97. The number of aromatic nitrogens is 6. The molecule has 0 spiro atoms. The molecule has 0 saturated carbocycles. The molecule has 0 saturated heterocycles. The zero-order valence-electron chi connectivity index (χ0n) is 13.9. The molecule has 0 aliphatic rings. The van der Waals surface area contributed by atoms with Crippen LogP contribution in [0.2, 0.25) is 0 Å². The molecule has 0 bridgehead atoms. The zero-order chi connectivity index (χ0) is 17.9. The van der Waals surface area contributed by atoms with Crippen molar-refractivity contribution in [3.05, 3.63) is 78.4 Å². The lowest BCUT2D eigenvalue weighted by Gasteiger charge is -2.08. The molecule has 2 heterocycles. The van der Waals surface area contributed by atoms with Gasteiger partial charge in [-0.15, -0.1) is 5.10 Å². The highest BCUT2D eigenvalue weighted by Gasteiger charge is 2.09. The predicted molar refractivity (Wildman–Crippen MR) is 95.4 cm³/mol. The minimum atomic E-state index is -0.192. The predicted octanol–water partition coefficient (Wildman–Crippen LogP) is 2.41. The molecule has 8 heteroatoms. The first kappa shape index (κ1) is 15.7. The van der Waals surface area contributed by atoms with E-state index in [0.29, 0.717) is 17.1 Å². The van der Waals surface area contributed by atoms with Crippen LogP contribution in [0.3, 0.4) is 0 Å². The number of tetrazole rings is 1. The molecule has 0 aliphatic carbocycles. The fourth-order valence-electron chi connectivity index (χ4n) is 2.58. The summed E-state index contributed by atoms with van der Waals surface area (Å²) in [4.78, 5) is 12.5. The number of nitrogens with one attached hydrogen (secondary N) is 1. The van der Waals surface area contributed by atoms with Gasteiger partial charge in [-0.3, -0.25) is 4.79 Å². The average molecular weight is 345 g/mol. The molecule has 1 N–H and O–H groups in total. The highest BCUT2D eigenvalue weighted by molar-refractivity contribution is 6.04. The van der Waals surface area contributed by atoms with Crippen molar-refractivity contribution in [2.45, 2.75) is 6.92 Å². The van der Waals surface area contributed by atoms with Crippen molar-refractivity contribution in [2.75, 3.05) is 5.32 Å². The number of hydrogen-bond acceptors (Lipinski definition) is 5. The van der Waals surface area contributed by atoms with E-state index in [4.69, 9.17) is 0 Å². The van der Waals surface area contributed by atoms with E-state index in [9.17, 15) is 4.79 Å². The third kappa shape index (κ3) is 3.07. The van der Waals surface area contributed by atoms with Crippen LogP contribution in [0.15, 0.2) is 67.0 Å². The van der Waals surface area contributed by atoms with E-state index < -0.39 is 0 Å². The van der Waals surface area contributed by atoms with Crippen LogP contribution in [-0.2, 0) is 0 Å². The third-order valence-corrected chi connectivity index (χ3v) is 3.87. The van der Waals surface area contributed by atoms with Crippen LogP contribution in [-0.4, -0.2) is 35.9 Å². The molecular formula is C18H15N7O. The minimum Gasteiger partial charge on any atom is -0.322 e. The van der Waals surface area contributed by atoms with Crippen LogP contribution >= 0.6 is 0 Å². The van der Waals surface area contributed by atoms with Gasteiger partial charge in [0.05, 0.1) is 11.4 Å². The molecule has 0 fully saturated rings. The fourth-order valence-corrected chi connectivity index (χ4v) is 2.58. The second-order valence-corrected chi connectivity index (χ2v) is 5.64. The topological polar surface area (TPSA) is 90.5 Å². The molecule has 0 radical (unpaired) electrons. The molecule has 2 aromatic carbocycles. The fraction of sp³-hybridized carbons (Fsp3) is 0.0556. The second kappa shape index (κ2) is 6.60. The van der Waals surface area contributed by atoms with Crippen LogP contribution in [0.1, 0.15) is 16.2 Å². The molecule has 8 nitrogen and oxygen atoms in total. The number of benzene rings is 2. The number of hydrogen-bond donors (Lipinski definition) is 1. The first-order valence-electron chi connectivity index (χ1n) is 7.97. The molecular weight excluding hydrogens is 330 g/mol. The van der Waals surface area contributed by atoms with Crippen LogP contribution in [0.25, 0.3) is 11.4 Å². The van der Waals surface area contributed by atoms with Gasteiger partial charge in [-0.25, -0.2) is 4.68 Å². The summed E-state index contributed by atoms with van der Waals surface area (Å²) in [5, 5.41) is 18.5. The Morgan fingerprint density at radius 2 is 1.88 bits per heavy atom. The van der Waals surface area contributed by atoms with Gasteiger partial charge in [0.1, 0.15) is 0 Å². The van der Waals surface area contributed by atoms with Crippen molar-refractivity contribution in [3.8, 4) is 11.4 Å². The lowest BCUT2D eigenvalue weighted by atomic mass is 10.2. The van der Waals surface area contributed by atoms with Crippen LogP contribution in [0.5, 0.6) is 0 Å². The van der Waals surface area contributed by atoms with Gasteiger partial charge in [-0.1, -0.05) is 6.07 Å². The average Bonchev–Trinajstić information content (AvgIpc) is 3.34. The number of amides is 1. The third-order valence-electron chi connectivity index (χ3n) is 3.87. The van der Waals surface area contributed by atoms with Gasteiger partial charge < -0.3 is 5.32 Å². The minimum absolute atomic E-state index is 0.192. The molecule has 128 valence electrons. The summed E-state index contributed by atoms with van der Waals surface area (Å²) < 4.78 is 3.34. The standard InChI is InChI=1S/C18H15N7O/c1-13-21-22-23-25(13)17-5-2-4-15(12-17)20-18(26)14-6-8-16(9-7-14)24-11-3-10-19-24/h2-12H,1H3,(H,20,26). The molecule has 0 atom stereocenters. The van der Waals surface area contributed by atoms with E-state index in [2.05, 4.69) is 25.9 Å². The largest absolute Gasteiger partial charge is 0.322 e. The number of carbonyl (C=O) groups excluding carboxylic acids is 1. The summed E-state index contributed by atoms with van der Waals surface area (Å²) >= 11 is 0. The highest BCUT2D eigenvalue weighted by atomic mass is 16.1. The maximum Gasteiger partial charge on any atom is 0.255 e. The van der Waals surface area contributed by atoms with Crippen LogP contribution in [0, 0.1) is 6.92 Å². The van der Waals surface area contributed by atoms with Gasteiger partial charge in [0, 0.05) is 23.6 Å². The summed E-state index contributed by atoms with van der Waals surface area (Å²) in [6.45, 7) is 1.81. The summed E-state index contributed by atoms with van der Waals surface area (Å²) in [7, 11) is 0. The monoisotopic (exact) mass is 345 g/mol. The quantitative estimate of drug-likeness (QED) is 0.613. The van der Waals surface area contributed by atoms with Crippen molar-refractivity contribution < 1.29 is 4.79 Å². The first-order chi connectivity index (χ1) is 12.7. The molecule has 4 aromatic rings. The molecule has 0 aliphatic heterocycles. The number of carbonyl (C=O) groups is 1. The lowest BCUT2D eigenvalue weighted by Crippen LogP contribution is -2.12. The van der Waals surface area contributed by atoms with E-state index in [0.717, 1.165) is 11.4 Å². The zero-order valence-corrected chi connectivity index (χ0v) is 13.9. The molecule has 4 rings (SSSR count). The Bertz CT molecular complexity index is 1040. The second-order valence-electron chi connectivity index (χ2n) is 5.64. The van der Waals surface area contributed by atoms with Crippen molar-refractivity contribution in [2.24, 2.45) is 0 Å². The Kier molecular flexibility index (Phi) is 3.98. The van der Waals surface area contributed by atoms with Gasteiger partial charge in [-0.2, -0.15) is 9.78 Å². The Hall–Kier alpha value is -3.81. The van der Waals surface area contributed by atoms with Gasteiger partial charge in [-0.05, 0) is 65.9 Å². The van der Waals surface area contributed by atoms with Gasteiger partial charge in [0.15, 0.2) is 5.82 Å². The van der Waals surface area contributed by atoms with Crippen molar-refractivity contribution in [3.63, 3.8) is 0 Å². The smallest absolute Gasteiger partial charge is 0.255 e. The number of aryl methyl sites for hydroxylation is 1. The maximum atomic E-state index is 12.5. The number of nitrogens with zero attached hydrogens (tertiary/aromatic N) is 6. The summed E-state index contributed by atoms with van der Waals surface area (Å²) in [6, 6.07) is 16.4. The van der Waals surface area contributed by atoms with Crippen molar-refractivity contribution in [1.82, 2.24) is 30.0 Å². The lowest BCUT2D eigenvalue weighted by molar-refractivity contribution is 0.102. The van der Waals surface area contributed by atoms with E-state index in [1.807, 2.05) is 55.6 Å².